The van der Waals surface area contributed by atoms with Crippen molar-refractivity contribution in [3.63, 3.8) is 0 Å². The van der Waals surface area contributed by atoms with Crippen LogP contribution in [0.2, 0.25) is 0 Å². The van der Waals surface area contributed by atoms with Crippen LogP contribution >= 0.6 is 0 Å². The van der Waals surface area contributed by atoms with Gasteiger partial charge in [-0.2, -0.15) is 0 Å². The number of nitrogens with zero attached hydrogens (tertiary/aromatic N) is 1. The average Bonchev–Trinajstić information content (AvgIpc) is 2.32. The number of methoxy groups -OCH3 is 1. The van der Waals surface area contributed by atoms with Gasteiger partial charge in [-0.25, -0.2) is 0 Å². The summed E-state index contributed by atoms with van der Waals surface area (Å²) in [5.41, 5.74) is 3.43. The molecule has 0 saturated carbocycles. The van der Waals surface area contributed by atoms with E-state index in [0.717, 1.165) is 11.1 Å². The van der Waals surface area contributed by atoms with Crippen molar-refractivity contribution in [1.29, 1.82) is 0 Å². The minimum absolute atomic E-state index is 0.0644. The van der Waals surface area contributed by atoms with E-state index >= 15 is 0 Å². The summed E-state index contributed by atoms with van der Waals surface area (Å²) >= 11 is 0. The lowest BCUT2D eigenvalue weighted by Crippen LogP contribution is -1.96. The summed E-state index contributed by atoms with van der Waals surface area (Å²) in [6, 6.07) is 6.22. The molecule has 0 spiro atoms. The first-order valence-corrected chi connectivity index (χ1v) is 5.62. The van der Waals surface area contributed by atoms with Crippen LogP contribution in [0, 0.1) is 6.92 Å². The maximum absolute atomic E-state index is 8.58. The van der Waals surface area contributed by atoms with Crippen LogP contribution in [-0.4, -0.2) is 31.6 Å². The highest BCUT2D eigenvalue weighted by molar-refractivity contribution is 5.82. The number of aryl methyl sites for hydroxylation is 1. The van der Waals surface area contributed by atoms with Gasteiger partial charge >= 0.3 is 0 Å². The summed E-state index contributed by atoms with van der Waals surface area (Å²) in [5.74, 6) is 0. The maximum Gasteiger partial charge on any atom is 0.0719 e. The Kier molecular flexibility index (Phi) is 6.22. The molecule has 0 radical (unpaired) electrons. The third-order valence-corrected chi connectivity index (χ3v) is 2.31. The fraction of sp³-hybridized carbons (Fsp3) is 0.357. The molecule has 3 nitrogen and oxygen atoms in total. The van der Waals surface area contributed by atoms with Crippen molar-refractivity contribution in [3.8, 4) is 0 Å². The molecule has 0 bridgehead atoms. The van der Waals surface area contributed by atoms with Crippen LogP contribution in [0.25, 0.3) is 0 Å². The molecular formula is C14H19NO2. The van der Waals surface area contributed by atoms with Crippen molar-refractivity contribution in [2.24, 2.45) is 4.99 Å². The SMILES string of the molecule is COCc1ccc(C)cc1/C=N\C/C=C/CO. The summed E-state index contributed by atoms with van der Waals surface area (Å²) in [4.78, 5) is 4.28. The lowest BCUT2D eigenvalue weighted by Gasteiger charge is -2.05. The smallest absolute Gasteiger partial charge is 0.0719 e. The summed E-state index contributed by atoms with van der Waals surface area (Å²) in [6.07, 6.45) is 5.37. The number of benzene rings is 1. The van der Waals surface area contributed by atoms with Crippen LogP contribution in [0.3, 0.4) is 0 Å². The van der Waals surface area contributed by atoms with Gasteiger partial charge in [0.2, 0.25) is 0 Å². The molecular weight excluding hydrogens is 214 g/mol. The van der Waals surface area contributed by atoms with Gasteiger partial charge in [-0.15, -0.1) is 0 Å². The Morgan fingerprint density at radius 1 is 1.35 bits per heavy atom. The van der Waals surface area contributed by atoms with Gasteiger partial charge in [0.15, 0.2) is 0 Å². The molecule has 1 aromatic carbocycles. The summed E-state index contributed by atoms with van der Waals surface area (Å²) in [5, 5.41) is 8.58. The van der Waals surface area contributed by atoms with Gasteiger partial charge in [0.1, 0.15) is 0 Å². The lowest BCUT2D eigenvalue weighted by molar-refractivity contribution is 0.185. The van der Waals surface area contributed by atoms with Crippen molar-refractivity contribution in [3.05, 3.63) is 47.0 Å². The number of aliphatic imine (C=N–C) groups is 1. The third-order valence-electron chi connectivity index (χ3n) is 2.31. The Balaban J connectivity index is 2.73. The molecule has 0 amide bonds. The van der Waals surface area contributed by atoms with E-state index in [2.05, 4.69) is 30.1 Å². The zero-order chi connectivity index (χ0) is 12.5. The number of aliphatic hydroxyl groups excluding tert-OH is 1. The van der Waals surface area contributed by atoms with Crippen molar-refractivity contribution in [1.82, 2.24) is 0 Å². The van der Waals surface area contributed by atoms with Gasteiger partial charge in [0.05, 0.1) is 19.8 Å². The molecule has 0 unspecified atom stereocenters. The highest BCUT2D eigenvalue weighted by atomic mass is 16.5. The molecule has 0 fully saturated rings. The third kappa shape index (κ3) is 4.93. The molecule has 1 N–H and O–H groups in total. The fourth-order valence-electron chi connectivity index (χ4n) is 1.48. The zero-order valence-electron chi connectivity index (χ0n) is 10.4. The van der Waals surface area contributed by atoms with Gasteiger partial charge in [0, 0.05) is 13.3 Å². The fourth-order valence-corrected chi connectivity index (χ4v) is 1.48. The number of rotatable bonds is 6. The van der Waals surface area contributed by atoms with Crippen LogP contribution in [0.4, 0.5) is 0 Å². The van der Waals surface area contributed by atoms with Crippen LogP contribution in [-0.2, 0) is 11.3 Å². The first-order valence-electron chi connectivity index (χ1n) is 5.62. The first kappa shape index (κ1) is 13.6. The van der Waals surface area contributed by atoms with Crippen LogP contribution in [0.5, 0.6) is 0 Å². The zero-order valence-corrected chi connectivity index (χ0v) is 10.4. The summed E-state index contributed by atoms with van der Waals surface area (Å²) in [6.45, 7) is 3.30. The Morgan fingerprint density at radius 2 is 2.18 bits per heavy atom. The molecule has 1 aromatic rings. The molecule has 0 aliphatic carbocycles. The number of ether oxygens (including phenoxy) is 1. The maximum atomic E-state index is 8.58. The van der Waals surface area contributed by atoms with Crippen LogP contribution in [0.15, 0.2) is 35.3 Å². The van der Waals surface area contributed by atoms with E-state index in [1.54, 1.807) is 13.2 Å². The number of hydrogen-bond donors (Lipinski definition) is 1. The van der Waals surface area contributed by atoms with E-state index in [4.69, 9.17) is 9.84 Å². The number of hydrogen-bond acceptors (Lipinski definition) is 3. The topological polar surface area (TPSA) is 41.8 Å². The normalized spacial score (nSPS) is 11.7. The molecule has 0 aliphatic heterocycles. The first-order chi connectivity index (χ1) is 8.27. The molecule has 0 saturated heterocycles. The van der Waals surface area contributed by atoms with Crippen molar-refractivity contribution >= 4 is 6.21 Å². The highest BCUT2D eigenvalue weighted by Crippen LogP contribution is 2.10. The Labute approximate surface area is 102 Å². The van der Waals surface area contributed by atoms with Crippen LogP contribution in [0.1, 0.15) is 16.7 Å². The standard InChI is InChI=1S/C14H19NO2/c1-12-5-6-13(11-17-2)14(9-12)10-15-7-3-4-8-16/h3-6,9-10,16H,7-8,11H2,1-2H3/b4-3+,15-10-. The second-order valence-corrected chi connectivity index (χ2v) is 3.78. The van der Waals surface area contributed by atoms with Gasteiger partial charge in [-0.3, -0.25) is 4.99 Å². The summed E-state index contributed by atoms with van der Waals surface area (Å²) < 4.78 is 5.14. The molecule has 92 valence electrons. The molecule has 0 aromatic heterocycles. The quantitative estimate of drug-likeness (QED) is 0.604. The monoisotopic (exact) mass is 233 g/mol. The number of aliphatic hydroxyl groups is 1. The molecule has 3 heteroatoms. The minimum Gasteiger partial charge on any atom is -0.392 e. The molecule has 17 heavy (non-hydrogen) atoms. The second-order valence-electron chi connectivity index (χ2n) is 3.78. The highest BCUT2D eigenvalue weighted by Gasteiger charge is 1.99. The van der Waals surface area contributed by atoms with Crippen molar-refractivity contribution in [2.45, 2.75) is 13.5 Å². The van der Waals surface area contributed by atoms with E-state index < -0.39 is 0 Å². The van der Waals surface area contributed by atoms with Gasteiger partial charge in [0.25, 0.3) is 0 Å². The van der Waals surface area contributed by atoms with E-state index in [0.29, 0.717) is 13.2 Å². The lowest BCUT2D eigenvalue weighted by atomic mass is 10.1. The molecule has 1 rings (SSSR count). The van der Waals surface area contributed by atoms with Crippen LogP contribution < -0.4 is 0 Å². The van der Waals surface area contributed by atoms with E-state index in [9.17, 15) is 0 Å². The van der Waals surface area contributed by atoms with Gasteiger partial charge < -0.3 is 9.84 Å². The van der Waals surface area contributed by atoms with E-state index in [1.165, 1.54) is 5.56 Å². The Hall–Kier alpha value is -1.45. The predicted molar refractivity (Wildman–Crippen MR) is 70.6 cm³/mol. The second kappa shape index (κ2) is 7.76. The molecule has 0 aliphatic rings. The van der Waals surface area contributed by atoms with Gasteiger partial charge in [-0.05, 0) is 18.1 Å². The largest absolute Gasteiger partial charge is 0.392 e. The predicted octanol–water partition coefficient (Wildman–Crippen LogP) is 2.11. The van der Waals surface area contributed by atoms with Gasteiger partial charge in [-0.1, -0.05) is 35.9 Å². The van der Waals surface area contributed by atoms with Crippen molar-refractivity contribution < 1.29 is 9.84 Å². The Morgan fingerprint density at radius 3 is 2.88 bits per heavy atom. The minimum atomic E-state index is 0.0644. The average molecular weight is 233 g/mol. The van der Waals surface area contributed by atoms with E-state index in [1.807, 2.05) is 12.3 Å². The Bertz CT molecular complexity index is 397. The summed E-state index contributed by atoms with van der Waals surface area (Å²) in [7, 11) is 1.69. The molecule has 0 heterocycles. The van der Waals surface area contributed by atoms with Crippen molar-refractivity contribution in [2.75, 3.05) is 20.3 Å². The van der Waals surface area contributed by atoms with E-state index in [-0.39, 0.29) is 6.61 Å². The molecule has 0 atom stereocenters.